The summed E-state index contributed by atoms with van der Waals surface area (Å²) in [4.78, 5) is 12.1. The average molecular weight is 286 g/mol. The Morgan fingerprint density at radius 3 is 3.10 bits per heavy atom. The molecule has 0 radical (unpaired) electrons. The third-order valence-electron chi connectivity index (χ3n) is 4.11. The minimum atomic E-state index is 0.114. The maximum absolute atomic E-state index is 12.1. The lowest BCUT2D eigenvalue weighted by molar-refractivity contribution is -0.122. The Morgan fingerprint density at radius 2 is 2.29 bits per heavy atom. The van der Waals surface area contributed by atoms with E-state index in [2.05, 4.69) is 35.0 Å². The number of aryl methyl sites for hydroxylation is 2. The Hall–Kier alpha value is -1.81. The number of para-hydroxylation sites is 1. The number of ether oxygens (including phenoxy) is 1. The summed E-state index contributed by atoms with van der Waals surface area (Å²) in [5, 5.41) is 4.30. The number of carbonyl (C=O) groups excluding carboxylic acids is 1. The second kappa shape index (κ2) is 6.31. The molecule has 1 aliphatic heterocycles. The van der Waals surface area contributed by atoms with Gasteiger partial charge in [-0.3, -0.25) is 4.79 Å². The van der Waals surface area contributed by atoms with Gasteiger partial charge in [0, 0.05) is 30.8 Å². The number of rotatable bonds is 4. The molecule has 1 atom stereocenters. The fourth-order valence-electron chi connectivity index (χ4n) is 3.01. The van der Waals surface area contributed by atoms with Crippen molar-refractivity contribution in [2.75, 3.05) is 13.2 Å². The Balaban J connectivity index is 1.60. The van der Waals surface area contributed by atoms with Gasteiger partial charge in [0.2, 0.25) is 5.91 Å². The fraction of sp³-hybridized carbons (Fsp3) is 0.471. The first-order valence-electron chi connectivity index (χ1n) is 7.66. The van der Waals surface area contributed by atoms with Gasteiger partial charge in [-0.25, -0.2) is 0 Å². The number of carbonyl (C=O) groups is 1. The summed E-state index contributed by atoms with van der Waals surface area (Å²) in [6, 6.07) is 10.7. The molecule has 1 fully saturated rings. The van der Waals surface area contributed by atoms with E-state index in [4.69, 9.17) is 4.74 Å². The van der Waals surface area contributed by atoms with Crippen LogP contribution in [0.25, 0.3) is 10.9 Å². The number of amides is 1. The predicted molar refractivity (Wildman–Crippen MR) is 83.3 cm³/mol. The van der Waals surface area contributed by atoms with Crippen LogP contribution in [-0.2, 0) is 16.1 Å². The second-order valence-corrected chi connectivity index (χ2v) is 5.73. The van der Waals surface area contributed by atoms with E-state index in [9.17, 15) is 4.79 Å². The van der Waals surface area contributed by atoms with Gasteiger partial charge in [-0.2, -0.15) is 0 Å². The van der Waals surface area contributed by atoms with Crippen molar-refractivity contribution >= 4 is 16.8 Å². The van der Waals surface area contributed by atoms with Gasteiger partial charge in [-0.05, 0) is 37.3 Å². The first kappa shape index (κ1) is 14.1. The monoisotopic (exact) mass is 286 g/mol. The van der Waals surface area contributed by atoms with Crippen LogP contribution < -0.4 is 5.32 Å². The molecule has 112 valence electrons. The number of nitrogens with zero attached hydrogens (tertiary/aromatic N) is 1. The van der Waals surface area contributed by atoms with Gasteiger partial charge >= 0.3 is 0 Å². The zero-order chi connectivity index (χ0) is 14.7. The summed E-state index contributed by atoms with van der Waals surface area (Å²) in [6.45, 7) is 4.28. The highest BCUT2D eigenvalue weighted by atomic mass is 16.5. The highest BCUT2D eigenvalue weighted by molar-refractivity contribution is 5.81. The molecule has 1 N–H and O–H groups in total. The Labute approximate surface area is 125 Å². The van der Waals surface area contributed by atoms with Gasteiger partial charge < -0.3 is 14.6 Å². The van der Waals surface area contributed by atoms with Crippen molar-refractivity contribution in [3.05, 3.63) is 36.0 Å². The average Bonchev–Trinajstić information content (AvgIpc) is 2.81. The largest absolute Gasteiger partial charge is 0.379 e. The molecule has 4 nitrogen and oxygen atoms in total. The smallest absolute Gasteiger partial charge is 0.222 e. The van der Waals surface area contributed by atoms with Gasteiger partial charge in [-0.15, -0.1) is 0 Å². The standard InChI is InChI=1S/C17H22N2O2/c1-13-11-14-5-2-3-7-16(14)19(13)9-8-17(20)18-15-6-4-10-21-12-15/h2-3,5,7,11,15H,4,6,8-10,12H2,1H3,(H,18,20). The Kier molecular flexibility index (Phi) is 4.25. The highest BCUT2D eigenvalue weighted by Crippen LogP contribution is 2.19. The molecule has 0 bridgehead atoms. The minimum Gasteiger partial charge on any atom is -0.379 e. The summed E-state index contributed by atoms with van der Waals surface area (Å²) in [5.74, 6) is 0.114. The van der Waals surface area contributed by atoms with Crippen LogP contribution in [0.2, 0.25) is 0 Å². The molecule has 1 aromatic carbocycles. The van der Waals surface area contributed by atoms with Gasteiger partial charge in [0.1, 0.15) is 0 Å². The van der Waals surface area contributed by atoms with Crippen LogP contribution in [0.15, 0.2) is 30.3 Å². The van der Waals surface area contributed by atoms with Crippen molar-refractivity contribution in [3.63, 3.8) is 0 Å². The van der Waals surface area contributed by atoms with Crippen LogP contribution in [0.1, 0.15) is 25.0 Å². The Morgan fingerprint density at radius 1 is 1.43 bits per heavy atom. The molecule has 4 heteroatoms. The third-order valence-corrected chi connectivity index (χ3v) is 4.11. The number of nitrogens with one attached hydrogen (secondary N) is 1. The van der Waals surface area contributed by atoms with Gasteiger partial charge in [-0.1, -0.05) is 18.2 Å². The summed E-state index contributed by atoms with van der Waals surface area (Å²) in [5.41, 5.74) is 2.40. The molecular weight excluding hydrogens is 264 g/mol. The molecule has 1 saturated heterocycles. The lowest BCUT2D eigenvalue weighted by atomic mass is 10.1. The van der Waals surface area contributed by atoms with Crippen LogP contribution in [0.5, 0.6) is 0 Å². The normalized spacial score (nSPS) is 18.8. The number of aromatic nitrogens is 1. The van der Waals surface area contributed by atoms with Gasteiger partial charge in [0.05, 0.1) is 12.6 Å². The quantitative estimate of drug-likeness (QED) is 0.939. The highest BCUT2D eigenvalue weighted by Gasteiger charge is 2.16. The first-order valence-corrected chi connectivity index (χ1v) is 7.66. The van der Waals surface area contributed by atoms with Crippen LogP contribution in [0.3, 0.4) is 0 Å². The minimum absolute atomic E-state index is 0.114. The molecule has 1 aliphatic rings. The van der Waals surface area contributed by atoms with E-state index in [1.54, 1.807) is 0 Å². The van der Waals surface area contributed by atoms with E-state index in [1.807, 2.05) is 12.1 Å². The molecule has 2 heterocycles. The molecule has 2 aromatic rings. The zero-order valence-corrected chi connectivity index (χ0v) is 12.5. The summed E-state index contributed by atoms with van der Waals surface area (Å²) >= 11 is 0. The maximum Gasteiger partial charge on any atom is 0.222 e. The topological polar surface area (TPSA) is 43.3 Å². The van der Waals surface area contributed by atoms with Crippen molar-refractivity contribution in [3.8, 4) is 0 Å². The second-order valence-electron chi connectivity index (χ2n) is 5.73. The van der Waals surface area contributed by atoms with Crippen molar-refractivity contribution in [1.82, 2.24) is 9.88 Å². The number of hydrogen-bond acceptors (Lipinski definition) is 2. The Bertz CT molecular complexity index is 627. The summed E-state index contributed by atoms with van der Waals surface area (Å²) in [6.07, 6.45) is 2.57. The molecule has 1 unspecified atom stereocenters. The number of fused-ring (bicyclic) bond motifs is 1. The molecule has 0 saturated carbocycles. The van der Waals surface area contributed by atoms with Crippen LogP contribution in [0.4, 0.5) is 0 Å². The molecule has 0 aliphatic carbocycles. The molecule has 1 aromatic heterocycles. The molecule has 0 spiro atoms. The molecular formula is C17H22N2O2. The van der Waals surface area contributed by atoms with Crippen molar-refractivity contribution in [1.29, 1.82) is 0 Å². The van der Waals surface area contributed by atoms with Crippen LogP contribution in [0, 0.1) is 6.92 Å². The van der Waals surface area contributed by atoms with E-state index in [0.29, 0.717) is 13.0 Å². The van der Waals surface area contributed by atoms with Crippen molar-refractivity contribution in [2.24, 2.45) is 0 Å². The predicted octanol–water partition coefficient (Wildman–Crippen LogP) is 2.64. The fourth-order valence-corrected chi connectivity index (χ4v) is 3.01. The first-order chi connectivity index (χ1) is 10.2. The third kappa shape index (κ3) is 3.27. The van der Waals surface area contributed by atoms with E-state index < -0.39 is 0 Å². The summed E-state index contributed by atoms with van der Waals surface area (Å²) in [7, 11) is 0. The van der Waals surface area contributed by atoms with Gasteiger partial charge in [0.15, 0.2) is 0 Å². The lowest BCUT2D eigenvalue weighted by Gasteiger charge is -2.23. The lowest BCUT2D eigenvalue weighted by Crippen LogP contribution is -2.40. The SMILES string of the molecule is Cc1cc2ccccc2n1CCC(=O)NC1CCCOC1. The van der Waals surface area contributed by atoms with Gasteiger partial charge in [0.25, 0.3) is 0 Å². The van der Waals surface area contributed by atoms with Crippen LogP contribution in [-0.4, -0.2) is 29.7 Å². The van der Waals surface area contributed by atoms with E-state index in [-0.39, 0.29) is 11.9 Å². The zero-order valence-electron chi connectivity index (χ0n) is 12.5. The molecule has 3 rings (SSSR count). The summed E-state index contributed by atoms with van der Waals surface area (Å²) < 4.78 is 7.60. The van der Waals surface area contributed by atoms with Crippen LogP contribution >= 0.6 is 0 Å². The van der Waals surface area contributed by atoms with Crippen molar-refractivity contribution < 1.29 is 9.53 Å². The van der Waals surface area contributed by atoms with E-state index in [0.717, 1.165) is 26.0 Å². The van der Waals surface area contributed by atoms with E-state index >= 15 is 0 Å². The maximum atomic E-state index is 12.1. The number of hydrogen-bond donors (Lipinski definition) is 1. The number of benzene rings is 1. The van der Waals surface area contributed by atoms with E-state index in [1.165, 1.54) is 16.6 Å². The molecule has 21 heavy (non-hydrogen) atoms. The van der Waals surface area contributed by atoms with Crippen molar-refractivity contribution in [2.45, 2.75) is 38.8 Å². The molecule has 1 amide bonds.